The second kappa shape index (κ2) is 11.8. The largest absolute Gasteiger partial charge is 0.472 e. The Morgan fingerprint density at radius 3 is 1.92 bits per heavy atom. The standard InChI is InChI=1S/C18H27N4O14P.H3N/c23-5-7-12(27)14(16(34-7)22-4-2-10(25)20-18(22)30)36-37(31,32)33-6-8-11(26)13(28)15(35-8)21-3-1-9(24)19-17(21)29;/h7-8,11-16,23,26-28H,1-6H2,(H,31,32)(H,19,24,29)(H,20,25,30);1H3. The molecule has 0 aliphatic carbocycles. The number of phosphoric acid groups is 1. The van der Waals surface area contributed by atoms with E-state index >= 15 is 0 Å². The van der Waals surface area contributed by atoms with Crippen molar-refractivity contribution in [3.05, 3.63) is 0 Å². The van der Waals surface area contributed by atoms with Gasteiger partial charge in [0.2, 0.25) is 11.8 Å². The number of phosphoric ester groups is 1. The van der Waals surface area contributed by atoms with Crippen LogP contribution in [0, 0.1) is 0 Å². The van der Waals surface area contributed by atoms with E-state index in [2.05, 4.69) is 0 Å². The normalized spacial score (nSPS) is 37.5. The topological polar surface area (TPSA) is 289 Å². The third-order valence-electron chi connectivity index (χ3n) is 6.28. The fraction of sp³-hybridized carbons (Fsp3) is 0.778. The molecule has 19 nitrogen and oxygen atoms in total. The smallest absolute Gasteiger partial charge is 0.394 e. The van der Waals surface area contributed by atoms with Gasteiger partial charge in [0, 0.05) is 25.9 Å². The molecule has 0 spiro atoms. The van der Waals surface area contributed by atoms with E-state index in [-0.39, 0.29) is 32.1 Å². The molecule has 216 valence electrons. The second-order valence-corrected chi connectivity index (χ2v) is 10.1. The molecule has 20 heteroatoms. The van der Waals surface area contributed by atoms with Crippen molar-refractivity contribution < 1.29 is 67.6 Å². The summed E-state index contributed by atoms with van der Waals surface area (Å²) >= 11 is 0. The molecule has 4 saturated heterocycles. The highest BCUT2D eigenvalue weighted by atomic mass is 31.2. The fourth-order valence-electron chi connectivity index (χ4n) is 4.35. The van der Waals surface area contributed by atoms with Crippen LogP contribution in [0.25, 0.3) is 0 Å². The third-order valence-corrected chi connectivity index (χ3v) is 7.26. The molecule has 0 radical (unpaired) electrons. The van der Waals surface area contributed by atoms with Crippen molar-refractivity contribution in [2.45, 2.75) is 61.9 Å². The van der Waals surface area contributed by atoms with Gasteiger partial charge in [-0.3, -0.25) is 39.1 Å². The van der Waals surface area contributed by atoms with Crippen LogP contribution in [0.15, 0.2) is 0 Å². The third kappa shape index (κ3) is 6.13. The van der Waals surface area contributed by atoms with E-state index in [1.54, 1.807) is 0 Å². The highest BCUT2D eigenvalue weighted by molar-refractivity contribution is 7.47. The predicted octanol–water partition coefficient (Wildman–Crippen LogP) is -3.94. The number of hydrogen-bond acceptors (Lipinski definition) is 14. The number of amides is 6. The van der Waals surface area contributed by atoms with Crippen molar-refractivity contribution in [3.8, 4) is 0 Å². The summed E-state index contributed by atoms with van der Waals surface area (Å²) < 4.78 is 33.5. The number of carbonyl (C=O) groups excluding carboxylic acids is 4. The average Bonchev–Trinajstić information content (AvgIpc) is 3.28. The lowest BCUT2D eigenvalue weighted by atomic mass is 10.1. The van der Waals surface area contributed by atoms with E-state index in [9.17, 15) is 49.1 Å². The summed E-state index contributed by atoms with van der Waals surface area (Å²) in [4.78, 5) is 59.2. The van der Waals surface area contributed by atoms with Gasteiger partial charge in [0.1, 0.15) is 36.6 Å². The number of nitrogens with one attached hydrogen (secondary N) is 2. The molecular weight excluding hydrogens is 541 g/mol. The SMILES string of the molecule is N.O=C1CCN(C2OC(COP(=O)(O)OC3C(O)C(CO)OC3N3CCC(=O)NC3=O)C(O)C2O)C(=O)N1. The van der Waals surface area contributed by atoms with E-state index in [1.807, 2.05) is 10.6 Å². The Balaban J connectivity index is 0.00000400. The van der Waals surface area contributed by atoms with E-state index in [1.165, 1.54) is 0 Å². The molecule has 6 amide bonds. The highest BCUT2D eigenvalue weighted by Crippen LogP contribution is 2.48. The Hall–Kier alpha value is -2.29. The van der Waals surface area contributed by atoms with Gasteiger partial charge in [0.05, 0.1) is 13.2 Å². The van der Waals surface area contributed by atoms with Gasteiger partial charge >= 0.3 is 19.9 Å². The van der Waals surface area contributed by atoms with Crippen LogP contribution < -0.4 is 16.8 Å². The van der Waals surface area contributed by atoms with Crippen molar-refractivity contribution in [1.82, 2.24) is 26.6 Å². The van der Waals surface area contributed by atoms with Crippen molar-refractivity contribution in [2.24, 2.45) is 0 Å². The zero-order valence-electron chi connectivity index (χ0n) is 19.8. The Labute approximate surface area is 214 Å². The molecule has 0 aromatic heterocycles. The van der Waals surface area contributed by atoms with Gasteiger partial charge in [-0.15, -0.1) is 0 Å². The van der Waals surface area contributed by atoms with Crippen LogP contribution in [-0.2, 0) is 32.7 Å². The highest BCUT2D eigenvalue weighted by Gasteiger charge is 2.53. The van der Waals surface area contributed by atoms with Gasteiger partial charge in [-0.05, 0) is 0 Å². The average molecular weight is 571 g/mol. The molecule has 38 heavy (non-hydrogen) atoms. The number of carbonyl (C=O) groups is 4. The number of ether oxygens (including phenoxy) is 2. The minimum Gasteiger partial charge on any atom is -0.394 e. The van der Waals surface area contributed by atoms with E-state index in [0.29, 0.717) is 0 Å². The van der Waals surface area contributed by atoms with Crippen molar-refractivity contribution in [1.29, 1.82) is 0 Å². The van der Waals surface area contributed by atoms with Crippen LogP contribution >= 0.6 is 7.82 Å². The summed E-state index contributed by atoms with van der Waals surface area (Å²) in [7, 11) is -5.06. The first-order valence-electron chi connectivity index (χ1n) is 11.2. The Bertz CT molecular complexity index is 987. The minimum absolute atomic E-state index is 0. The van der Waals surface area contributed by atoms with E-state index in [0.717, 1.165) is 9.80 Å². The molecule has 4 fully saturated rings. The maximum Gasteiger partial charge on any atom is 0.472 e. The van der Waals surface area contributed by atoms with Crippen LogP contribution in [0.4, 0.5) is 9.59 Å². The summed E-state index contributed by atoms with van der Waals surface area (Å²) in [5.74, 6) is -1.09. The van der Waals surface area contributed by atoms with E-state index < -0.39 is 94.0 Å². The van der Waals surface area contributed by atoms with Gasteiger partial charge in [-0.1, -0.05) is 0 Å². The van der Waals surface area contributed by atoms with Crippen LogP contribution in [0.3, 0.4) is 0 Å². The molecule has 0 aromatic rings. The molecular formula is C18H30N5O14P. The molecule has 4 rings (SSSR count). The van der Waals surface area contributed by atoms with Crippen LogP contribution in [0.5, 0.6) is 0 Å². The molecule has 4 heterocycles. The van der Waals surface area contributed by atoms with E-state index in [4.69, 9.17) is 18.5 Å². The molecule has 0 aromatic carbocycles. The first-order valence-corrected chi connectivity index (χ1v) is 12.7. The molecule has 0 saturated carbocycles. The van der Waals surface area contributed by atoms with Gasteiger partial charge in [0.25, 0.3) is 0 Å². The van der Waals surface area contributed by atoms with Crippen molar-refractivity contribution in [3.63, 3.8) is 0 Å². The predicted molar refractivity (Wildman–Crippen MR) is 118 cm³/mol. The number of nitrogens with zero attached hydrogens (tertiary/aromatic N) is 2. The first kappa shape index (κ1) is 30.3. The van der Waals surface area contributed by atoms with Crippen molar-refractivity contribution >= 4 is 31.7 Å². The number of imide groups is 2. The number of urea groups is 2. The van der Waals surface area contributed by atoms with Gasteiger partial charge in [-0.2, -0.15) is 0 Å². The summed E-state index contributed by atoms with van der Waals surface area (Å²) in [6.07, 6.45) is -12.4. The summed E-state index contributed by atoms with van der Waals surface area (Å²) in [6.45, 7) is -1.79. The zero-order chi connectivity index (χ0) is 27.1. The number of aliphatic hydroxyl groups excluding tert-OH is 4. The fourth-order valence-corrected chi connectivity index (χ4v) is 5.28. The molecule has 9 atom stereocenters. The maximum atomic E-state index is 12.7. The van der Waals surface area contributed by atoms with Crippen LogP contribution in [0.1, 0.15) is 12.8 Å². The number of rotatable bonds is 8. The van der Waals surface area contributed by atoms with Gasteiger partial charge in [-0.25, -0.2) is 14.2 Å². The summed E-state index contributed by atoms with van der Waals surface area (Å²) in [5, 5.41) is 44.5. The number of hydrogen-bond donors (Lipinski definition) is 8. The molecule has 4 aliphatic rings. The van der Waals surface area contributed by atoms with Crippen LogP contribution in [-0.4, -0.2) is 134 Å². The number of aliphatic hydroxyl groups is 4. The maximum absolute atomic E-state index is 12.7. The van der Waals surface area contributed by atoms with Crippen molar-refractivity contribution in [2.75, 3.05) is 26.3 Å². The van der Waals surface area contributed by atoms with Crippen LogP contribution in [0.2, 0.25) is 0 Å². The minimum atomic E-state index is -5.06. The molecule has 4 aliphatic heterocycles. The summed E-state index contributed by atoms with van der Waals surface area (Å²) in [5.41, 5.74) is 0. The lowest BCUT2D eigenvalue weighted by Crippen LogP contribution is -2.57. The lowest BCUT2D eigenvalue weighted by molar-refractivity contribution is -0.126. The van der Waals surface area contributed by atoms with Gasteiger partial charge < -0.3 is 40.9 Å². The molecule has 10 N–H and O–H groups in total. The molecule has 9 unspecified atom stereocenters. The quantitative estimate of drug-likeness (QED) is 0.129. The lowest BCUT2D eigenvalue weighted by Gasteiger charge is -2.34. The Kier molecular flexibility index (Phi) is 9.43. The Morgan fingerprint density at radius 2 is 1.39 bits per heavy atom. The first-order chi connectivity index (χ1) is 17.4. The monoisotopic (exact) mass is 571 g/mol. The van der Waals surface area contributed by atoms with Gasteiger partial charge in [0.15, 0.2) is 12.5 Å². The second-order valence-electron chi connectivity index (χ2n) is 8.71. The summed E-state index contributed by atoms with van der Waals surface area (Å²) in [6, 6.07) is -1.76. The molecule has 0 bridgehead atoms. The Morgan fingerprint density at radius 1 is 0.868 bits per heavy atom. The zero-order valence-corrected chi connectivity index (χ0v) is 20.7.